The molecule has 2 saturated heterocycles. The molecular formula is C21H22FN5O. The van der Waals surface area contributed by atoms with Crippen molar-refractivity contribution in [1.82, 2.24) is 20.3 Å². The number of hydrogen-bond acceptors (Lipinski definition) is 6. The lowest BCUT2D eigenvalue weighted by Crippen LogP contribution is -2.55. The van der Waals surface area contributed by atoms with E-state index in [1.54, 1.807) is 24.8 Å². The topological polar surface area (TPSA) is 74.2 Å². The van der Waals surface area contributed by atoms with Crippen LogP contribution in [0.15, 0.2) is 43.0 Å². The van der Waals surface area contributed by atoms with Crippen LogP contribution in [0.4, 0.5) is 10.2 Å². The summed E-state index contributed by atoms with van der Waals surface area (Å²) in [5.74, 6) is 0.777. The van der Waals surface area contributed by atoms with E-state index in [0.717, 1.165) is 24.6 Å². The Labute approximate surface area is 162 Å². The standard InChI is InChI=1S/C21H22FN5O/c1-27(18-8-13-3-5-16(26-13)20(18)22)19-11-24-17(10-25-19)14-4-2-12-6-7-23-9-15(12)21(14)28/h2,4,6-7,9-11,13,16,18,20,26,28H,3,5,8H2,1H3/t13-,16+,18-,20+/m1/s1. The number of nitrogens with zero attached hydrogens (tertiary/aromatic N) is 4. The number of phenolic OH excluding ortho intramolecular Hbond substituents is 1. The number of phenols is 1. The van der Waals surface area contributed by atoms with Crippen LogP contribution in [0, 0.1) is 0 Å². The van der Waals surface area contributed by atoms with E-state index < -0.39 is 6.17 Å². The summed E-state index contributed by atoms with van der Waals surface area (Å²) in [5, 5.41) is 15.6. The van der Waals surface area contributed by atoms with E-state index in [0.29, 0.717) is 28.5 Å². The first-order valence-corrected chi connectivity index (χ1v) is 9.63. The number of pyridine rings is 1. The van der Waals surface area contributed by atoms with Crippen molar-refractivity contribution in [2.75, 3.05) is 11.9 Å². The molecule has 0 unspecified atom stereocenters. The van der Waals surface area contributed by atoms with Gasteiger partial charge in [-0.3, -0.25) is 9.97 Å². The molecule has 3 aromatic rings. The van der Waals surface area contributed by atoms with E-state index in [2.05, 4.69) is 20.3 Å². The van der Waals surface area contributed by atoms with Crippen molar-refractivity contribution in [3.8, 4) is 17.0 Å². The number of anilines is 1. The number of alkyl halides is 1. The summed E-state index contributed by atoms with van der Waals surface area (Å²) < 4.78 is 14.8. The SMILES string of the molecule is CN(c1cnc(-c2ccc3ccncc3c2O)cn1)[C@@H]1C[C@H]2CC[C@H](N2)[C@@H]1F. The Morgan fingerprint density at radius 2 is 2.04 bits per heavy atom. The van der Waals surface area contributed by atoms with Gasteiger partial charge in [0.2, 0.25) is 0 Å². The van der Waals surface area contributed by atoms with Gasteiger partial charge in [-0.25, -0.2) is 9.37 Å². The second-order valence-corrected chi connectivity index (χ2v) is 7.72. The predicted octanol–water partition coefficient (Wildman–Crippen LogP) is 3.06. The van der Waals surface area contributed by atoms with Crippen molar-refractivity contribution in [3.05, 3.63) is 43.0 Å². The molecule has 5 rings (SSSR count). The van der Waals surface area contributed by atoms with Crippen LogP contribution in [0.3, 0.4) is 0 Å². The molecule has 2 aliphatic heterocycles. The summed E-state index contributed by atoms with van der Waals surface area (Å²) in [5.41, 5.74) is 1.17. The summed E-state index contributed by atoms with van der Waals surface area (Å²) in [6.45, 7) is 0. The van der Waals surface area contributed by atoms with Crippen LogP contribution >= 0.6 is 0 Å². The first kappa shape index (κ1) is 17.3. The van der Waals surface area contributed by atoms with Gasteiger partial charge in [0, 0.05) is 42.5 Å². The average molecular weight is 379 g/mol. The lowest BCUT2D eigenvalue weighted by Gasteiger charge is -2.38. The van der Waals surface area contributed by atoms with Gasteiger partial charge in [0.15, 0.2) is 0 Å². The van der Waals surface area contributed by atoms with Crippen molar-refractivity contribution < 1.29 is 9.50 Å². The number of fused-ring (bicyclic) bond motifs is 3. The highest BCUT2D eigenvalue weighted by Crippen LogP contribution is 2.35. The van der Waals surface area contributed by atoms with Crippen LogP contribution in [0.5, 0.6) is 5.75 Å². The second kappa shape index (κ2) is 6.67. The number of halogens is 1. The van der Waals surface area contributed by atoms with Crippen molar-refractivity contribution in [1.29, 1.82) is 0 Å². The van der Waals surface area contributed by atoms with Crippen LogP contribution in [-0.2, 0) is 0 Å². The third kappa shape index (κ3) is 2.77. The monoisotopic (exact) mass is 379 g/mol. The Kier molecular flexibility index (Phi) is 4.12. The van der Waals surface area contributed by atoms with Crippen molar-refractivity contribution >= 4 is 16.6 Å². The van der Waals surface area contributed by atoms with E-state index in [-0.39, 0.29) is 17.8 Å². The molecule has 0 aliphatic carbocycles. The summed E-state index contributed by atoms with van der Waals surface area (Å²) in [7, 11) is 1.88. The largest absolute Gasteiger partial charge is 0.507 e. The zero-order valence-corrected chi connectivity index (χ0v) is 15.6. The van der Waals surface area contributed by atoms with Gasteiger partial charge in [-0.15, -0.1) is 0 Å². The smallest absolute Gasteiger partial charge is 0.147 e. The summed E-state index contributed by atoms with van der Waals surface area (Å²) in [6, 6.07) is 5.74. The van der Waals surface area contributed by atoms with Gasteiger partial charge in [0.25, 0.3) is 0 Å². The van der Waals surface area contributed by atoms with Gasteiger partial charge in [0.05, 0.1) is 24.1 Å². The van der Waals surface area contributed by atoms with E-state index >= 15 is 0 Å². The van der Waals surface area contributed by atoms with Crippen molar-refractivity contribution in [2.45, 2.75) is 43.6 Å². The van der Waals surface area contributed by atoms with Gasteiger partial charge in [-0.2, -0.15) is 0 Å². The Morgan fingerprint density at radius 3 is 2.86 bits per heavy atom. The average Bonchev–Trinajstić information content (AvgIpc) is 3.14. The minimum Gasteiger partial charge on any atom is -0.507 e. The molecule has 4 heterocycles. The first-order valence-electron chi connectivity index (χ1n) is 9.63. The number of aromatic hydroxyl groups is 1. The Balaban J connectivity index is 1.42. The third-order valence-corrected chi connectivity index (χ3v) is 6.12. The fourth-order valence-electron chi connectivity index (χ4n) is 4.51. The summed E-state index contributed by atoms with van der Waals surface area (Å²) in [4.78, 5) is 15.0. The summed E-state index contributed by atoms with van der Waals surface area (Å²) in [6.07, 6.45) is 8.41. The highest BCUT2D eigenvalue weighted by atomic mass is 19.1. The highest BCUT2D eigenvalue weighted by Gasteiger charge is 2.43. The molecule has 28 heavy (non-hydrogen) atoms. The third-order valence-electron chi connectivity index (χ3n) is 6.12. The zero-order chi connectivity index (χ0) is 19.3. The maximum absolute atomic E-state index is 14.8. The maximum Gasteiger partial charge on any atom is 0.147 e. The van der Waals surface area contributed by atoms with Gasteiger partial charge in [-0.1, -0.05) is 6.07 Å². The molecule has 2 fully saturated rings. The number of nitrogens with one attached hydrogen (secondary N) is 1. The van der Waals surface area contributed by atoms with E-state index in [9.17, 15) is 9.50 Å². The van der Waals surface area contributed by atoms with Crippen LogP contribution in [0.1, 0.15) is 19.3 Å². The molecule has 2 bridgehead atoms. The molecule has 144 valence electrons. The van der Waals surface area contributed by atoms with E-state index in [4.69, 9.17) is 0 Å². The molecule has 0 saturated carbocycles. The lowest BCUT2D eigenvalue weighted by molar-refractivity contribution is 0.176. The van der Waals surface area contributed by atoms with Crippen molar-refractivity contribution in [3.63, 3.8) is 0 Å². The lowest BCUT2D eigenvalue weighted by atomic mass is 9.96. The van der Waals surface area contributed by atoms with Gasteiger partial charge in [-0.05, 0) is 36.8 Å². The predicted molar refractivity (Wildman–Crippen MR) is 106 cm³/mol. The van der Waals surface area contributed by atoms with Gasteiger partial charge >= 0.3 is 0 Å². The Bertz CT molecular complexity index is 1010. The van der Waals surface area contributed by atoms with E-state index in [1.165, 1.54) is 0 Å². The molecule has 2 aromatic heterocycles. The van der Waals surface area contributed by atoms with Crippen LogP contribution in [0.25, 0.3) is 22.0 Å². The summed E-state index contributed by atoms with van der Waals surface area (Å²) >= 11 is 0. The number of hydrogen-bond donors (Lipinski definition) is 2. The molecule has 2 aliphatic rings. The van der Waals surface area contributed by atoms with Gasteiger partial charge in [0.1, 0.15) is 17.7 Å². The zero-order valence-electron chi connectivity index (χ0n) is 15.6. The fraction of sp³-hybridized carbons (Fsp3) is 0.381. The minimum absolute atomic E-state index is 0.0541. The Morgan fingerprint density at radius 1 is 1.14 bits per heavy atom. The van der Waals surface area contributed by atoms with Crippen LogP contribution in [-0.4, -0.2) is 51.4 Å². The quantitative estimate of drug-likeness (QED) is 0.729. The minimum atomic E-state index is -0.915. The Hall–Kier alpha value is -2.80. The van der Waals surface area contributed by atoms with E-state index in [1.807, 2.05) is 30.1 Å². The normalized spacial score (nSPS) is 26.5. The second-order valence-electron chi connectivity index (χ2n) is 7.72. The molecule has 7 heteroatoms. The maximum atomic E-state index is 14.8. The molecular weight excluding hydrogens is 357 g/mol. The molecule has 0 radical (unpaired) electrons. The number of benzene rings is 1. The van der Waals surface area contributed by atoms with Crippen molar-refractivity contribution in [2.24, 2.45) is 0 Å². The molecule has 0 amide bonds. The first-order chi connectivity index (χ1) is 13.6. The fourth-order valence-corrected chi connectivity index (χ4v) is 4.51. The number of rotatable bonds is 3. The molecule has 2 N–H and O–H groups in total. The van der Waals surface area contributed by atoms with Crippen LogP contribution in [0.2, 0.25) is 0 Å². The highest BCUT2D eigenvalue weighted by molar-refractivity contribution is 5.93. The number of aromatic nitrogens is 3. The van der Waals surface area contributed by atoms with Crippen LogP contribution < -0.4 is 10.2 Å². The molecule has 0 spiro atoms. The molecule has 6 nitrogen and oxygen atoms in total. The molecule has 1 aromatic carbocycles. The number of piperidine rings is 1. The van der Waals surface area contributed by atoms with Gasteiger partial charge < -0.3 is 15.3 Å². The molecule has 4 atom stereocenters.